The molecular formula is C21H31N3O5S. The first-order valence-electron chi connectivity index (χ1n) is 10.8. The van der Waals surface area contributed by atoms with E-state index >= 15 is 0 Å². The van der Waals surface area contributed by atoms with Crippen LogP contribution in [0.2, 0.25) is 0 Å². The van der Waals surface area contributed by atoms with Crippen molar-refractivity contribution < 1.29 is 22.7 Å². The number of ether oxygens (including phenoxy) is 1. The molecule has 1 heterocycles. The molecule has 1 atom stereocenters. The van der Waals surface area contributed by atoms with Gasteiger partial charge in [-0.15, -0.1) is 0 Å². The molecule has 5 rings (SSSR count). The monoisotopic (exact) mass is 437 g/mol. The lowest BCUT2D eigenvalue weighted by Gasteiger charge is -2.56. The van der Waals surface area contributed by atoms with Crippen molar-refractivity contribution in [2.75, 3.05) is 6.54 Å². The largest absolute Gasteiger partial charge is 0.455 e. The fraction of sp³-hybridized carbons (Fsp3) is 0.762. The summed E-state index contributed by atoms with van der Waals surface area (Å²) >= 11 is 0. The molecule has 0 spiro atoms. The second-order valence-corrected chi connectivity index (χ2v) is 11.3. The summed E-state index contributed by atoms with van der Waals surface area (Å²) < 4.78 is 33.9. The number of aromatic nitrogens is 2. The molecule has 1 aromatic heterocycles. The molecule has 1 unspecified atom stereocenters. The van der Waals surface area contributed by atoms with E-state index in [9.17, 15) is 18.0 Å². The Hall–Kier alpha value is -1.74. The number of nitrogens with one attached hydrogen (secondary N) is 1. The highest BCUT2D eigenvalue weighted by Gasteiger charge is 2.55. The van der Waals surface area contributed by atoms with Crippen molar-refractivity contribution in [1.29, 1.82) is 0 Å². The number of Topliss-reactive ketones (excluding diaryl/α,β-unsaturated/α-hetero) is 1. The number of aryl methyl sites for hydroxylation is 2. The Balaban J connectivity index is 1.28. The Bertz CT molecular complexity index is 897. The number of ketones is 1. The zero-order valence-corrected chi connectivity index (χ0v) is 18.7. The first kappa shape index (κ1) is 21.5. The summed E-state index contributed by atoms with van der Waals surface area (Å²) in [5, 5.41) is -0.0822. The first-order chi connectivity index (χ1) is 14.1. The molecule has 0 radical (unpaired) electrons. The van der Waals surface area contributed by atoms with Gasteiger partial charge in [0.15, 0.2) is 16.9 Å². The predicted molar refractivity (Wildman–Crippen MR) is 109 cm³/mol. The number of rotatable bonds is 8. The van der Waals surface area contributed by atoms with Crippen LogP contribution < -0.4 is 4.72 Å². The molecule has 0 aromatic carbocycles. The van der Waals surface area contributed by atoms with E-state index in [4.69, 9.17) is 4.74 Å². The molecule has 8 nitrogen and oxygen atoms in total. The van der Waals surface area contributed by atoms with Crippen molar-refractivity contribution in [3.05, 3.63) is 12.0 Å². The molecule has 4 aliphatic rings. The zero-order chi connectivity index (χ0) is 21.7. The minimum Gasteiger partial charge on any atom is -0.455 e. The summed E-state index contributed by atoms with van der Waals surface area (Å²) in [6, 6.07) is 0. The van der Waals surface area contributed by atoms with Crippen LogP contribution in [0.5, 0.6) is 0 Å². The fourth-order valence-corrected chi connectivity index (χ4v) is 7.24. The second kappa shape index (κ2) is 7.75. The highest BCUT2D eigenvalue weighted by atomic mass is 32.2. The van der Waals surface area contributed by atoms with Gasteiger partial charge < -0.3 is 9.30 Å². The highest BCUT2D eigenvalue weighted by molar-refractivity contribution is 7.89. The lowest BCUT2D eigenvalue weighted by atomic mass is 9.48. The van der Waals surface area contributed by atoms with Gasteiger partial charge in [0.2, 0.25) is 0 Å². The molecule has 1 aromatic rings. The predicted octanol–water partition coefficient (Wildman–Crippen LogP) is 2.11. The van der Waals surface area contributed by atoms with Crippen molar-refractivity contribution in [3.63, 3.8) is 0 Å². The lowest BCUT2D eigenvalue weighted by molar-refractivity contribution is -0.164. The number of hydrogen-bond donors (Lipinski definition) is 1. The van der Waals surface area contributed by atoms with Crippen LogP contribution in [0.15, 0.2) is 11.2 Å². The van der Waals surface area contributed by atoms with E-state index in [1.807, 2.05) is 0 Å². The zero-order valence-electron chi connectivity index (χ0n) is 17.9. The maximum Gasteiger partial charge on any atom is 0.307 e. The Morgan fingerprint density at radius 3 is 2.30 bits per heavy atom. The second-order valence-electron chi connectivity index (χ2n) is 9.58. The first-order valence-corrected chi connectivity index (χ1v) is 12.3. The van der Waals surface area contributed by atoms with E-state index in [-0.39, 0.29) is 29.2 Å². The third kappa shape index (κ3) is 4.06. The summed E-state index contributed by atoms with van der Waals surface area (Å²) in [6.45, 7) is 3.26. The minimum absolute atomic E-state index is 0.0551. The number of sulfonamides is 1. The van der Waals surface area contributed by atoms with E-state index in [1.54, 1.807) is 25.5 Å². The SMILES string of the molecule is Cc1nc(S(=O)(=O)NCCC(=O)OC(C)C(=O)C23CC4CC(CC(C4)C2)C3)cn1C. The van der Waals surface area contributed by atoms with Crippen LogP contribution in [0.4, 0.5) is 0 Å². The Kier molecular flexibility index (Phi) is 5.55. The molecular weight excluding hydrogens is 406 g/mol. The molecule has 4 aliphatic carbocycles. The maximum atomic E-state index is 13.2. The molecule has 166 valence electrons. The van der Waals surface area contributed by atoms with Gasteiger partial charge in [-0.05, 0) is 70.1 Å². The van der Waals surface area contributed by atoms with E-state index < -0.39 is 22.1 Å². The molecule has 1 N–H and O–H groups in total. The Morgan fingerprint density at radius 1 is 1.23 bits per heavy atom. The van der Waals surface area contributed by atoms with Crippen LogP contribution in [0, 0.1) is 30.1 Å². The van der Waals surface area contributed by atoms with E-state index in [0.29, 0.717) is 23.6 Å². The summed E-state index contributed by atoms with van der Waals surface area (Å²) in [5.41, 5.74) is -0.313. The van der Waals surface area contributed by atoms with Crippen LogP contribution in [-0.4, -0.2) is 42.4 Å². The van der Waals surface area contributed by atoms with Crippen LogP contribution in [0.3, 0.4) is 0 Å². The number of carbonyl (C=O) groups is 2. The van der Waals surface area contributed by atoms with Gasteiger partial charge in [0, 0.05) is 25.2 Å². The normalized spacial score (nSPS) is 31.0. The average molecular weight is 438 g/mol. The molecule has 0 aliphatic heterocycles. The number of hydrogen-bond acceptors (Lipinski definition) is 6. The standard InChI is InChI=1S/C21H31N3O5S/c1-13(20(26)21-9-15-6-16(10-21)8-17(7-15)11-21)29-19(25)4-5-22-30(27,28)18-12-24(3)14(2)23-18/h12-13,15-17,22H,4-11H2,1-3H3. The molecule has 4 bridgehead atoms. The van der Waals surface area contributed by atoms with Crippen molar-refractivity contribution >= 4 is 21.8 Å². The summed E-state index contributed by atoms with van der Waals surface area (Å²) in [5.74, 6) is 2.00. The van der Waals surface area contributed by atoms with Crippen molar-refractivity contribution in [3.8, 4) is 0 Å². The fourth-order valence-electron chi connectivity index (χ4n) is 6.17. The Morgan fingerprint density at radius 2 is 1.80 bits per heavy atom. The molecule has 9 heteroatoms. The van der Waals surface area contributed by atoms with Gasteiger partial charge in [-0.1, -0.05) is 0 Å². The smallest absolute Gasteiger partial charge is 0.307 e. The van der Waals surface area contributed by atoms with Gasteiger partial charge in [0.25, 0.3) is 10.0 Å². The van der Waals surface area contributed by atoms with Gasteiger partial charge in [-0.2, -0.15) is 0 Å². The number of nitrogens with zero attached hydrogens (tertiary/aromatic N) is 2. The molecule has 30 heavy (non-hydrogen) atoms. The average Bonchev–Trinajstić information content (AvgIpc) is 2.99. The van der Waals surface area contributed by atoms with Gasteiger partial charge in [0.1, 0.15) is 5.82 Å². The molecule has 0 saturated heterocycles. The van der Waals surface area contributed by atoms with Crippen LogP contribution in [0.1, 0.15) is 57.7 Å². The lowest BCUT2D eigenvalue weighted by Crippen LogP contribution is -2.52. The van der Waals surface area contributed by atoms with Crippen molar-refractivity contribution in [1.82, 2.24) is 14.3 Å². The number of imidazole rings is 1. The van der Waals surface area contributed by atoms with E-state index in [2.05, 4.69) is 9.71 Å². The number of esters is 1. The third-order valence-electron chi connectivity index (χ3n) is 7.22. The number of carbonyl (C=O) groups excluding carboxylic acids is 2. The van der Waals surface area contributed by atoms with Crippen LogP contribution >= 0.6 is 0 Å². The van der Waals surface area contributed by atoms with Crippen molar-refractivity contribution in [2.24, 2.45) is 30.2 Å². The van der Waals surface area contributed by atoms with Crippen LogP contribution in [-0.2, 0) is 31.4 Å². The van der Waals surface area contributed by atoms with Gasteiger partial charge in [-0.25, -0.2) is 18.1 Å². The van der Waals surface area contributed by atoms with Gasteiger partial charge >= 0.3 is 5.97 Å². The summed E-state index contributed by atoms with van der Waals surface area (Å²) in [6.07, 6.45) is 7.04. The van der Waals surface area contributed by atoms with E-state index in [1.165, 1.54) is 25.5 Å². The molecule has 4 saturated carbocycles. The van der Waals surface area contributed by atoms with Gasteiger partial charge in [0.05, 0.1) is 6.42 Å². The topological polar surface area (TPSA) is 107 Å². The van der Waals surface area contributed by atoms with Gasteiger partial charge in [-0.3, -0.25) is 9.59 Å². The van der Waals surface area contributed by atoms with Crippen LogP contribution in [0.25, 0.3) is 0 Å². The molecule has 0 amide bonds. The third-order valence-corrected chi connectivity index (χ3v) is 8.55. The molecule has 4 fully saturated rings. The minimum atomic E-state index is -3.79. The summed E-state index contributed by atoms with van der Waals surface area (Å²) in [7, 11) is -2.08. The highest BCUT2D eigenvalue weighted by Crippen LogP contribution is 2.60. The Labute approximate surface area is 177 Å². The quantitative estimate of drug-likeness (QED) is 0.624. The van der Waals surface area contributed by atoms with E-state index in [0.717, 1.165) is 19.3 Å². The maximum absolute atomic E-state index is 13.2. The van der Waals surface area contributed by atoms with Crippen molar-refractivity contribution in [2.45, 2.75) is 69.9 Å². The summed E-state index contributed by atoms with van der Waals surface area (Å²) in [4.78, 5) is 29.4.